The van der Waals surface area contributed by atoms with Crippen LogP contribution in [0, 0.1) is 0 Å². The van der Waals surface area contributed by atoms with Gasteiger partial charge < -0.3 is 15.1 Å². The van der Waals surface area contributed by atoms with Gasteiger partial charge in [-0.2, -0.15) is 0 Å². The van der Waals surface area contributed by atoms with Crippen LogP contribution in [0.5, 0.6) is 0 Å². The summed E-state index contributed by atoms with van der Waals surface area (Å²) in [6.07, 6.45) is 2.47. The lowest BCUT2D eigenvalue weighted by Gasteiger charge is -2.32. The monoisotopic (exact) mass is 519 g/mol. The average Bonchev–Trinajstić information content (AvgIpc) is 2.96. The van der Waals surface area contributed by atoms with Gasteiger partial charge in [-0.3, -0.25) is 9.59 Å². The normalized spacial score (nSPS) is 13.0. The minimum absolute atomic E-state index is 0.107. The topological polar surface area (TPSA) is 77.8 Å². The minimum Gasteiger partial charge on any atom is -0.507 e. The van der Waals surface area contributed by atoms with Crippen molar-refractivity contribution in [3.63, 3.8) is 0 Å². The van der Waals surface area contributed by atoms with E-state index in [9.17, 15) is 19.8 Å². The second-order valence-electron chi connectivity index (χ2n) is 8.73. The average molecular weight is 520 g/mol. The molecule has 0 saturated carbocycles. The molecule has 2 N–H and O–H groups in total. The zero-order valence-electron chi connectivity index (χ0n) is 20.7. The summed E-state index contributed by atoms with van der Waals surface area (Å²) in [5, 5.41) is 21.4. The number of carbonyl (C=O) groups is 2. The summed E-state index contributed by atoms with van der Waals surface area (Å²) in [6.45, 7) is 2.76. The van der Waals surface area contributed by atoms with Crippen LogP contribution in [0.3, 0.4) is 0 Å². The maximum Gasteiger partial charge on any atom is 0.189 e. The molecule has 0 radical (unpaired) electrons. The fourth-order valence-corrected chi connectivity index (χ4v) is 5.51. The van der Waals surface area contributed by atoms with Crippen LogP contribution in [-0.4, -0.2) is 28.3 Å². The van der Waals surface area contributed by atoms with E-state index < -0.39 is 0 Å². The van der Waals surface area contributed by atoms with Crippen molar-refractivity contribution in [2.45, 2.75) is 16.7 Å². The Morgan fingerprint density at radius 1 is 0.658 bits per heavy atom. The van der Waals surface area contributed by atoms with Crippen LogP contribution in [0.1, 0.15) is 38.8 Å². The van der Waals surface area contributed by atoms with Gasteiger partial charge in [-0.15, -0.1) is 0 Å². The Kier molecular flexibility index (Phi) is 7.15. The van der Waals surface area contributed by atoms with Crippen LogP contribution in [0.25, 0.3) is 11.5 Å². The first-order chi connectivity index (χ1) is 18.4. The first kappa shape index (κ1) is 25.1. The van der Waals surface area contributed by atoms with E-state index in [4.69, 9.17) is 0 Å². The van der Waals surface area contributed by atoms with Gasteiger partial charge in [0.05, 0.1) is 11.4 Å². The number of allylic oxidation sites excluding steroid dienone is 2. The molecule has 1 aliphatic heterocycles. The molecule has 0 atom stereocenters. The number of ketones is 2. The van der Waals surface area contributed by atoms with Crippen LogP contribution in [0.4, 0.5) is 11.4 Å². The molecule has 0 bridgehead atoms. The van der Waals surface area contributed by atoms with Crippen molar-refractivity contribution in [2.24, 2.45) is 0 Å². The fraction of sp³-hybridized carbons (Fsp3) is 0.0625. The highest BCUT2D eigenvalue weighted by molar-refractivity contribution is 7.99. The van der Waals surface area contributed by atoms with Crippen molar-refractivity contribution in [1.29, 1.82) is 0 Å². The maximum atomic E-state index is 12.5. The summed E-state index contributed by atoms with van der Waals surface area (Å²) >= 11 is 1.51. The third-order valence-corrected chi connectivity index (χ3v) is 7.37. The second-order valence-corrected chi connectivity index (χ2v) is 9.81. The van der Waals surface area contributed by atoms with Gasteiger partial charge in [0.25, 0.3) is 0 Å². The van der Waals surface area contributed by atoms with E-state index in [1.165, 1.54) is 23.9 Å². The van der Waals surface area contributed by atoms with Crippen LogP contribution in [-0.2, 0) is 0 Å². The van der Waals surface area contributed by atoms with E-state index in [0.717, 1.165) is 21.2 Å². The highest BCUT2D eigenvalue weighted by Gasteiger charge is 2.24. The number of hydrogen-bond donors (Lipinski definition) is 2. The summed E-state index contributed by atoms with van der Waals surface area (Å²) in [6, 6.07) is 28.8. The van der Waals surface area contributed by atoms with Gasteiger partial charge in [0.1, 0.15) is 11.5 Å². The Morgan fingerprint density at radius 3 is 1.47 bits per heavy atom. The second kappa shape index (κ2) is 10.8. The number of anilines is 2. The van der Waals surface area contributed by atoms with Gasteiger partial charge in [-0.1, -0.05) is 72.4 Å². The smallest absolute Gasteiger partial charge is 0.189 e. The molecule has 6 heteroatoms. The van der Waals surface area contributed by atoms with Crippen LogP contribution in [0.15, 0.2) is 119 Å². The zero-order valence-corrected chi connectivity index (χ0v) is 21.5. The van der Waals surface area contributed by atoms with Gasteiger partial charge in [0, 0.05) is 50.7 Å². The summed E-state index contributed by atoms with van der Waals surface area (Å²) < 4.78 is 0. The molecule has 0 saturated heterocycles. The lowest BCUT2D eigenvalue weighted by molar-refractivity contribution is 0.103. The van der Waals surface area contributed by atoms with E-state index >= 15 is 0 Å². The van der Waals surface area contributed by atoms with Crippen molar-refractivity contribution >= 4 is 46.2 Å². The maximum absolute atomic E-state index is 12.5. The predicted molar refractivity (Wildman–Crippen MR) is 152 cm³/mol. The molecule has 1 heterocycles. The number of fused-ring (bicyclic) bond motifs is 2. The Hall–Kier alpha value is -4.55. The first-order valence-electron chi connectivity index (χ1n) is 12.2. The molecule has 0 spiro atoms. The molecule has 38 heavy (non-hydrogen) atoms. The summed E-state index contributed by atoms with van der Waals surface area (Å²) in [5.41, 5.74) is 4.05. The third-order valence-electron chi connectivity index (χ3n) is 6.28. The van der Waals surface area contributed by atoms with Crippen molar-refractivity contribution in [3.05, 3.63) is 131 Å². The minimum atomic E-state index is -0.272. The number of hydrogen-bond acceptors (Lipinski definition) is 6. The highest BCUT2D eigenvalue weighted by Crippen LogP contribution is 2.49. The quantitative estimate of drug-likeness (QED) is 0.147. The fourth-order valence-electron chi connectivity index (χ4n) is 4.33. The molecule has 4 aromatic rings. The Labute approximate surface area is 225 Å². The molecule has 5 rings (SSSR count). The molecule has 0 aromatic heterocycles. The summed E-state index contributed by atoms with van der Waals surface area (Å²) in [5.74, 6) is -0.758. The van der Waals surface area contributed by atoms with Crippen molar-refractivity contribution < 1.29 is 19.8 Å². The Balaban J connectivity index is 1.44. The predicted octanol–water partition coefficient (Wildman–Crippen LogP) is 7.87. The Bertz CT molecular complexity index is 1460. The first-order valence-corrected chi connectivity index (χ1v) is 13.0. The number of carbonyl (C=O) groups excluding carboxylic acids is 2. The molecule has 0 aliphatic carbocycles. The van der Waals surface area contributed by atoms with E-state index in [0.29, 0.717) is 28.8 Å². The van der Waals surface area contributed by atoms with Crippen molar-refractivity contribution in [2.75, 3.05) is 11.4 Å². The molecule has 0 fully saturated rings. The van der Waals surface area contributed by atoms with Crippen LogP contribution < -0.4 is 4.90 Å². The molecule has 188 valence electrons. The number of aliphatic hydroxyl groups excluding tert-OH is 2. The van der Waals surface area contributed by atoms with Crippen molar-refractivity contribution in [3.8, 4) is 0 Å². The SMILES string of the molecule is CCN1c2ccc(/C(O)=C/C(=O)c3ccccc3)cc2Sc2cc(/C(O)=C\C(=O)c3ccccc3)ccc21. The lowest BCUT2D eigenvalue weighted by Crippen LogP contribution is -2.20. The van der Waals surface area contributed by atoms with Gasteiger partial charge in [-0.05, 0) is 43.3 Å². The number of rotatable bonds is 7. The molecule has 0 amide bonds. The highest BCUT2D eigenvalue weighted by atomic mass is 32.2. The van der Waals surface area contributed by atoms with E-state index in [-0.39, 0.29) is 23.1 Å². The lowest BCUT2D eigenvalue weighted by atomic mass is 10.1. The van der Waals surface area contributed by atoms with Crippen molar-refractivity contribution in [1.82, 2.24) is 0 Å². The van der Waals surface area contributed by atoms with E-state index in [1.54, 1.807) is 60.7 Å². The van der Waals surface area contributed by atoms with Gasteiger partial charge in [0.15, 0.2) is 11.6 Å². The zero-order chi connectivity index (χ0) is 26.6. The number of nitrogens with zero attached hydrogens (tertiary/aromatic N) is 1. The van der Waals surface area contributed by atoms with E-state index in [2.05, 4.69) is 11.8 Å². The van der Waals surface area contributed by atoms with Crippen LogP contribution in [0.2, 0.25) is 0 Å². The summed E-state index contributed by atoms with van der Waals surface area (Å²) in [7, 11) is 0. The third kappa shape index (κ3) is 5.12. The standard InChI is InChI=1S/C32H25NO4S/c1-2-33-25-15-13-23(29(36)19-27(34)21-9-5-3-6-10-21)17-31(25)38-32-18-24(14-16-26(32)33)30(37)20-28(35)22-11-7-4-8-12-22/h3-20,36-37H,2H2,1H3/b29-19-,30-20+. The number of benzene rings is 4. The molecule has 5 nitrogen and oxygen atoms in total. The number of aliphatic hydroxyl groups is 2. The molecule has 4 aromatic carbocycles. The van der Waals surface area contributed by atoms with Gasteiger partial charge >= 0.3 is 0 Å². The molecule has 1 aliphatic rings. The molecule has 0 unspecified atom stereocenters. The summed E-state index contributed by atoms with van der Waals surface area (Å²) in [4.78, 5) is 29.1. The largest absolute Gasteiger partial charge is 0.507 e. The molecular formula is C32H25NO4S. The van der Waals surface area contributed by atoms with Crippen LogP contribution >= 0.6 is 11.8 Å². The van der Waals surface area contributed by atoms with Gasteiger partial charge in [-0.25, -0.2) is 0 Å². The van der Waals surface area contributed by atoms with E-state index in [1.807, 2.05) is 36.4 Å². The molecular weight excluding hydrogens is 494 g/mol. The Morgan fingerprint density at radius 2 is 1.08 bits per heavy atom. The van der Waals surface area contributed by atoms with Gasteiger partial charge in [0.2, 0.25) is 0 Å².